The highest BCUT2D eigenvalue weighted by Crippen LogP contribution is 2.23. The van der Waals surface area contributed by atoms with Crippen molar-refractivity contribution >= 4 is 17.8 Å². The molecule has 1 unspecified atom stereocenters. The van der Waals surface area contributed by atoms with E-state index in [9.17, 15) is 9.59 Å². The predicted molar refractivity (Wildman–Crippen MR) is 112 cm³/mol. The first kappa shape index (κ1) is 21.1. The van der Waals surface area contributed by atoms with Gasteiger partial charge in [-0.3, -0.25) is 9.59 Å². The monoisotopic (exact) mass is 401 g/mol. The number of aliphatic imine (C=N–C) groups is 1. The van der Waals surface area contributed by atoms with Gasteiger partial charge >= 0.3 is 0 Å². The molecule has 0 aromatic heterocycles. The van der Waals surface area contributed by atoms with Crippen LogP contribution in [-0.4, -0.2) is 67.6 Å². The van der Waals surface area contributed by atoms with Crippen LogP contribution in [0.3, 0.4) is 0 Å². The number of benzene rings is 1. The molecule has 2 aliphatic rings. The van der Waals surface area contributed by atoms with Gasteiger partial charge in [-0.25, -0.2) is 4.99 Å². The van der Waals surface area contributed by atoms with Crippen molar-refractivity contribution in [3.05, 3.63) is 35.4 Å². The molecular formula is C21H31N5O3. The molecule has 8 heteroatoms. The number of nitrogens with one attached hydrogen (secondary N) is 3. The van der Waals surface area contributed by atoms with Gasteiger partial charge in [0.1, 0.15) is 0 Å². The topological polar surface area (TPSA) is 95.1 Å². The fourth-order valence-electron chi connectivity index (χ4n) is 3.51. The third-order valence-corrected chi connectivity index (χ3v) is 5.22. The van der Waals surface area contributed by atoms with E-state index >= 15 is 0 Å². The molecule has 3 rings (SSSR count). The maximum atomic E-state index is 12.5. The van der Waals surface area contributed by atoms with Gasteiger partial charge in [-0.1, -0.05) is 12.1 Å². The summed E-state index contributed by atoms with van der Waals surface area (Å²) < 4.78 is 5.82. The van der Waals surface area contributed by atoms with Crippen molar-refractivity contribution in [2.75, 3.05) is 39.3 Å². The normalized spacial score (nSPS) is 22.3. The maximum Gasteiger partial charge on any atom is 0.254 e. The molecule has 3 N–H and O–H groups in total. The molecule has 1 aromatic rings. The molecule has 2 heterocycles. The number of piperazine rings is 1. The Morgan fingerprint density at radius 2 is 2.10 bits per heavy atom. The molecule has 2 amide bonds. The van der Waals surface area contributed by atoms with Crippen LogP contribution in [0.4, 0.5) is 0 Å². The standard InChI is InChI=1S/C21H31N5O3/c1-3-22-20(25-15-21(2)9-4-12-29-21)24-13-16-5-7-17(8-6-16)19(28)26-11-10-23-18(27)14-26/h5-8H,3-4,9-15H2,1-2H3,(H,23,27)(H2,22,24,25). The molecule has 8 nitrogen and oxygen atoms in total. The van der Waals surface area contributed by atoms with Gasteiger partial charge in [0.05, 0.1) is 18.7 Å². The van der Waals surface area contributed by atoms with Crippen LogP contribution < -0.4 is 16.0 Å². The van der Waals surface area contributed by atoms with E-state index in [2.05, 4.69) is 27.9 Å². The van der Waals surface area contributed by atoms with Crippen molar-refractivity contribution in [2.24, 2.45) is 4.99 Å². The van der Waals surface area contributed by atoms with Crippen LogP contribution >= 0.6 is 0 Å². The first-order chi connectivity index (χ1) is 14.0. The minimum atomic E-state index is -0.135. The van der Waals surface area contributed by atoms with E-state index in [0.29, 0.717) is 25.2 Å². The third-order valence-electron chi connectivity index (χ3n) is 5.22. The Bertz CT molecular complexity index is 741. The lowest BCUT2D eigenvalue weighted by atomic mass is 10.0. The Balaban J connectivity index is 1.56. The van der Waals surface area contributed by atoms with Crippen LogP contribution in [0.1, 0.15) is 42.6 Å². The number of ether oxygens (including phenoxy) is 1. The van der Waals surface area contributed by atoms with E-state index in [1.165, 1.54) is 0 Å². The van der Waals surface area contributed by atoms with Crippen molar-refractivity contribution in [3.63, 3.8) is 0 Å². The van der Waals surface area contributed by atoms with E-state index in [0.717, 1.165) is 44.1 Å². The zero-order valence-corrected chi connectivity index (χ0v) is 17.3. The number of hydrogen-bond acceptors (Lipinski definition) is 4. The Morgan fingerprint density at radius 3 is 2.76 bits per heavy atom. The van der Waals surface area contributed by atoms with E-state index in [1.807, 2.05) is 19.1 Å². The zero-order valence-electron chi connectivity index (χ0n) is 17.3. The number of carbonyl (C=O) groups is 2. The summed E-state index contributed by atoms with van der Waals surface area (Å²) in [7, 11) is 0. The molecule has 0 spiro atoms. The minimum Gasteiger partial charge on any atom is -0.373 e. The van der Waals surface area contributed by atoms with Crippen molar-refractivity contribution in [2.45, 2.75) is 38.8 Å². The number of guanidine groups is 1. The van der Waals surface area contributed by atoms with E-state index in [1.54, 1.807) is 17.0 Å². The molecule has 1 atom stereocenters. The molecular weight excluding hydrogens is 370 g/mol. The minimum absolute atomic E-state index is 0.115. The summed E-state index contributed by atoms with van der Waals surface area (Å²) >= 11 is 0. The smallest absolute Gasteiger partial charge is 0.254 e. The Kier molecular flexibility index (Phi) is 7.09. The van der Waals surface area contributed by atoms with Gasteiger partial charge in [0.2, 0.25) is 5.91 Å². The highest BCUT2D eigenvalue weighted by Gasteiger charge is 2.29. The van der Waals surface area contributed by atoms with Crippen LogP contribution in [0.2, 0.25) is 0 Å². The van der Waals surface area contributed by atoms with Crippen LogP contribution in [0, 0.1) is 0 Å². The maximum absolute atomic E-state index is 12.5. The van der Waals surface area contributed by atoms with Crippen LogP contribution in [0.25, 0.3) is 0 Å². The van der Waals surface area contributed by atoms with Gasteiger partial charge in [-0.15, -0.1) is 0 Å². The summed E-state index contributed by atoms with van der Waals surface area (Å²) in [5.41, 5.74) is 1.46. The molecule has 2 saturated heterocycles. The Morgan fingerprint density at radius 1 is 1.31 bits per heavy atom. The third kappa shape index (κ3) is 5.93. The van der Waals surface area contributed by atoms with Crippen LogP contribution in [0.5, 0.6) is 0 Å². The molecule has 0 bridgehead atoms. The fraction of sp³-hybridized carbons (Fsp3) is 0.571. The lowest BCUT2D eigenvalue weighted by molar-refractivity contribution is -0.123. The Labute approximate surface area is 172 Å². The van der Waals surface area contributed by atoms with Gasteiger partial charge in [0.15, 0.2) is 5.96 Å². The fourth-order valence-corrected chi connectivity index (χ4v) is 3.51. The first-order valence-electron chi connectivity index (χ1n) is 10.3. The summed E-state index contributed by atoms with van der Waals surface area (Å²) in [5.74, 6) is 0.522. The number of carbonyl (C=O) groups excluding carboxylic acids is 2. The second-order valence-corrected chi connectivity index (χ2v) is 7.72. The van der Waals surface area contributed by atoms with Crippen molar-refractivity contribution in [1.82, 2.24) is 20.9 Å². The molecule has 1 aromatic carbocycles. The summed E-state index contributed by atoms with van der Waals surface area (Å²) in [6.45, 7) is 8.14. The number of amides is 2. The summed E-state index contributed by atoms with van der Waals surface area (Å²) in [4.78, 5) is 30.2. The van der Waals surface area contributed by atoms with Crippen LogP contribution in [-0.2, 0) is 16.1 Å². The van der Waals surface area contributed by atoms with E-state index < -0.39 is 0 Å². The zero-order chi connectivity index (χ0) is 20.7. The molecule has 2 aliphatic heterocycles. The second-order valence-electron chi connectivity index (χ2n) is 7.72. The van der Waals surface area contributed by atoms with Crippen molar-refractivity contribution in [3.8, 4) is 0 Å². The van der Waals surface area contributed by atoms with E-state index in [-0.39, 0.29) is 24.0 Å². The predicted octanol–water partition coefficient (Wildman–Crippen LogP) is 0.883. The summed E-state index contributed by atoms with van der Waals surface area (Å²) in [5, 5.41) is 9.35. The SMILES string of the molecule is CCNC(=NCc1ccc(C(=O)N2CCNC(=O)C2)cc1)NCC1(C)CCCO1. The largest absolute Gasteiger partial charge is 0.373 e. The lowest BCUT2D eigenvalue weighted by Crippen LogP contribution is -2.49. The highest BCUT2D eigenvalue weighted by molar-refractivity contribution is 5.97. The molecule has 0 saturated carbocycles. The Hall–Kier alpha value is -2.61. The van der Waals surface area contributed by atoms with Gasteiger partial charge in [-0.2, -0.15) is 0 Å². The molecule has 0 radical (unpaired) electrons. The van der Waals surface area contributed by atoms with Gasteiger partial charge in [-0.05, 0) is 44.4 Å². The number of rotatable bonds is 6. The number of hydrogen-bond donors (Lipinski definition) is 3. The molecule has 29 heavy (non-hydrogen) atoms. The van der Waals surface area contributed by atoms with Crippen LogP contribution in [0.15, 0.2) is 29.3 Å². The second kappa shape index (κ2) is 9.73. The molecule has 2 fully saturated rings. The summed E-state index contributed by atoms with van der Waals surface area (Å²) in [6, 6.07) is 7.42. The van der Waals surface area contributed by atoms with Crippen molar-refractivity contribution < 1.29 is 14.3 Å². The highest BCUT2D eigenvalue weighted by atomic mass is 16.5. The van der Waals surface area contributed by atoms with Gasteiger partial charge in [0, 0.05) is 38.3 Å². The summed E-state index contributed by atoms with van der Waals surface area (Å²) in [6.07, 6.45) is 2.15. The lowest BCUT2D eigenvalue weighted by Gasteiger charge is -2.26. The molecule has 0 aliphatic carbocycles. The van der Waals surface area contributed by atoms with Gasteiger partial charge in [0.25, 0.3) is 5.91 Å². The quantitative estimate of drug-likeness (QED) is 0.486. The van der Waals surface area contributed by atoms with E-state index in [4.69, 9.17) is 4.74 Å². The van der Waals surface area contributed by atoms with Gasteiger partial charge < -0.3 is 25.6 Å². The average molecular weight is 402 g/mol. The first-order valence-corrected chi connectivity index (χ1v) is 10.3. The number of nitrogens with zero attached hydrogens (tertiary/aromatic N) is 2. The average Bonchev–Trinajstić information content (AvgIpc) is 3.17. The molecule has 158 valence electrons. The van der Waals surface area contributed by atoms with Crippen molar-refractivity contribution in [1.29, 1.82) is 0 Å².